The molecule has 0 aromatic heterocycles. The van der Waals surface area contributed by atoms with Crippen LogP contribution >= 0.6 is 0 Å². The second kappa shape index (κ2) is 7.27. The van der Waals surface area contributed by atoms with Gasteiger partial charge in [0.25, 0.3) is 0 Å². The molecule has 1 fully saturated rings. The van der Waals surface area contributed by atoms with Crippen LogP contribution in [0.25, 0.3) is 0 Å². The number of nitrogens with zero attached hydrogens (tertiary/aromatic N) is 1. The zero-order valence-corrected chi connectivity index (χ0v) is 12.4. The Labute approximate surface area is 124 Å². The number of nitrogens with one attached hydrogen (secondary N) is 1. The largest absolute Gasteiger partial charge is 0.416 e. The van der Waals surface area contributed by atoms with Crippen LogP contribution in [-0.2, 0) is 6.18 Å². The molecule has 1 aromatic carbocycles. The Kier molecular flexibility index (Phi) is 5.65. The molecule has 1 aromatic rings. The Morgan fingerprint density at radius 3 is 2.29 bits per heavy atom. The first-order valence-corrected chi connectivity index (χ1v) is 7.64. The Bertz CT molecular complexity index is 422. The van der Waals surface area contributed by atoms with Gasteiger partial charge in [-0.05, 0) is 24.1 Å². The minimum absolute atomic E-state index is 0.231. The van der Waals surface area contributed by atoms with Crippen LogP contribution in [0.3, 0.4) is 0 Å². The molecule has 118 valence electrons. The molecular formula is C16H23F3N2. The molecule has 0 unspecified atom stereocenters. The zero-order chi connectivity index (χ0) is 15.3. The van der Waals surface area contributed by atoms with E-state index in [1.807, 2.05) is 0 Å². The van der Waals surface area contributed by atoms with Crippen molar-refractivity contribution in [2.45, 2.75) is 38.4 Å². The first-order chi connectivity index (χ1) is 10.0. The molecule has 0 bridgehead atoms. The van der Waals surface area contributed by atoms with Gasteiger partial charge in [-0.25, -0.2) is 0 Å². The van der Waals surface area contributed by atoms with Crippen LogP contribution in [0, 0.1) is 0 Å². The number of rotatable bonds is 5. The van der Waals surface area contributed by atoms with Gasteiger partial charge in [-0.1, -0.05) is 31.9 Å². The lowest BCUT2D eigenvalue weighted by Crippen LogP contribution is -2.45. The predicted molar refractivity (Wildman–Crippen MR) is 78.2 cm³/mol. The number of alkyl halides is 3. The van der Waals surface area contributed by atoms with Crippen LogP contribution in [0.2, 0.25) is 0 Å². The van der Waals surface area contributed by atoms with E-state index in [2.05, 4.69) is 17.1 Å². The van der Waals surface area contributed by atoms with E-state index in [9.17, 15) is 13.2 Å². The monoisotopic (exact) mass is 300 g/mol. The minimum atomic E-state index is -4.26. The van der Waals surface area contributed by atoms with E-state index in [4.69, 9.17) is 0 Å². The van der Waals surface area contributed by atoms with E-state index in [0.29, 0.717) is 0 Å². The molecule has 0 amide bonds. The molecular weight excluding hydrogens is 277 g/mol. The standard InChI is InChI=1S/C16H23F3N2/c1-2-3-4-15(21-11-9-20-10-12-21)13-5-7-14(8-6-13)16(17,18)19/h5-8,15,20H,2-4,9-12H2,1H3/t15-/m1/s1. The number of benzene rings is 1. The number of hydrogen-bond acceptors (Lipinski definition) is 2. The molecule has 0 saturated carbocycles. The van der Waals surface area contributed by atoms with Crippen LogP contribution in [-0.4, -0.2) is 31.1 Å². The summed E-state index contributed by atoms with van der Waals surface area (Å²) in [6, 6.07) is 5.93. The van der Waals surface area contributed by atoms with Crippen molar-refractivity contribution in [3.05, 3.63) is 35.4 Å². The molecule has 0 aliphatic carbocycles. The molecule has 1 heterocycles. The van der Waals surface area contributed by atoms with Crippen molar-refractivity contribution in [3.8, 4) is 0 Å². The van der Waals surface area contributed by atoms with Gasteiger partial charge in [-0.2, -0.15) is 13.2 Å². The van der Waals surface area contributed by atoms with Crippen LogP contribution in [0.5, 0.6) is 0 Å². The van der Waals surface area contributed by atoms with E-state index in [1.165, 1.54) is 12.1 Å². The molecule has 2 nitrogen and oxygen atoms in total. The summed E-state index contributed by atoms with van der Waals surface area (Å²) in [6.07, 6.45) is -1.06. The van der Waals surface area contributed by atoms with Crippen LogP contribution < -0.4 is 5.32 Å². The average Bonchev–Trinajstić information content (AvgIpc) is 2.48. The molecule has 1 aliphatic rings. The first-order valence-electron chi connectivity index (χ1n) is 7.64. The third kappa shape index (κ3) is 4.45. The summed E-state index contributed by atoms with van der Waals surface area (Å²) >= 11 is 0. The molecule has 1 atom stereocenters. The average molecular weight is 300 g/mol. The Hall–Kier alpha value is -1.07. The van der Waals surface area contributed by atoms with Gasteiger partial charge in [0.15, 0.2) is 0 Å². The number of piperazine rings is 1. The highest BCUT2D eigenvalue weighted by Crippen LogP contribution is 2.32. The SMILES string of the molecule is CCCC[C@H](c1ccc(C(F)(F)F)cc1)N1CCNCC1. The minimum Gasteiger partial charge on any atom is -0.314 e. The van der Waals surface area contributed by atoms with Gasteiger partial charge >= 0.3 is 6.18 Å². The third-order valence-corrected chi connectivity index (χ3v) is 4.05. The Morgan fingerprint density at radius 1 is 1.14 bits per heavy atom. The normalized spacial score (nSPS) is 18.7. The summed E-state index contributed by atoms with van der Waals surface area (Å²) in [7, 11) is 0. The molecule has 1 saturated heterocycles. The molecule has 1 N–H and O–H groups in total. The molecule has 0 spiro atoms. The predicted octanol–water partition coefficient (Wildman–Crippen LogP) is 3.84. The van der Waals surface area contributed by atoms with E-state index in [1.54, 1.807) is 12.1 Å². The quantitative estimate of drug-likeness (QED) is 0.889. The van der Waals surface area contributed by atoms with Crippen molar-refractivity contribution < 1.29 is 13.2 Å². The number of hydrogen-bond donors (Lipinski definition) is 1. The fraction of sp³-hybridized carbons (Fsp3) is 0.625. The number of unbranched alkanes of at least 4 members (excludes halogenated alkanes) is 1. The fourth-order valence-electron chi connectivity index (χ4n) is 2.85. The van der Waals surface area contributed by atoms with Crippen molar-refractivity contribution in [2.24, 2.45) is 0 Å². The van der Waals surface area contributed by atoms with Gasteiger partial charge < -0.3 is 5.32 Å². The molecule has 0 radical (unpaired) electrons. The highest BCUT2D eigenvalue weighted by atomic mass is 19.4. The highest BCUT2D eigenvalue weighted by molar-refractivity contribution is 5.27. The van der Waals surface area contributed by atoms with Crippen molar-refractivity contribution in [1.82, 2.24) is 10.2 Å². The van der Waals surface area contributed by atoms with E-state index < -0.39 is 11.7 Å². The Morgan fingerprint density at radius 2 is 1.76 bits per heavy atom. The van der Waals surface area contributed by atoms with Gasteiger partial charge in [0, 0.05) is 32.2 Å². The van der Waals surface area contributed by atoms with Gasteiger partial charge in [-0.15, -0.1) is 0 Å². The van der Waals surface area contributed by atoms with Crippen molar-refractivity contribution in [1.29, 1.82) is 0 Å². The van der Waals surface area contributed by atoms with Gasteiger partial charge in [0.2, 0.25) is 0 Å². The van der Waals surface area contributed by atoms with Crippen LogP contribution in [0.4, 0.5) is 13.2 Å². The van der Waals surface area contributed by atoms with E-state index in [0.717, 1.165) is 51.0 Å². The lowest BCUT2D eigenvalue weighted by molar-refractivity contribution is -0.137. The van der Waals surface area contributed by atoms with Gasteiger partial charge in [-0.3, -0.25) is 4.90 Å². The third-order valence-electron chi connectivity index (χ3n) is 4.05. The van der Waals surface area contributed by atoms with Crippen molar-refractivity contribution in [2.75, 3.05) is 26.2 Å². The van der Waals surface area contributed by atoms with Gasteiger partial charge in [0.1, 0.15) is 0 Å². The summed E-state index contributed by atoms with van der Waals surface area (Å²) in [5.41, 5.74) is 0.430. The molecule has 2 rings (SSSR count). The summed E-state index contributed by atoms with van der Waals surface area (Å²) < 4.78 is 38.0. The van der Waals surface area contributed by atoms with E-state index >= 15 is 0 Å². The van der Waals surface area contributed by atoms with Crippen LogP contribution in [0.1, 0.15) is 43.4 Å². The number of halogens is 3. The zero-order valence-electron chi connectivity index (χ0n) is 12.4. The lowest BCUT2D eigenvalue weighted by atomic mass is 9.97. The molecule has 5 heteroatoms. The van der Waals surface area contributed by atoms with E-state index in [-0.39, 0.29) is 6.04 Å². The highest BCUT2D eigenvalue weighted by Gasteiger charge is 2.30. The van der Waals surface area contributed by atoms with Crippen molar-refractivity contribution >= 4 is 0 Å². The topological polar surface area (TPSA) is 15.3 Å². The maximum absolute atomic E-state index is 12.7. The smallest absolute Gasteiger partial charge is 0.314 e. The summed E-state index contributed by atoms with van der Waals surface area (Å²) in [5.74, 6) is 0. The van der Waals surface area contributed by atoms with Gasteiger partial charge in [0.05, 0.1) is 5.56 Å². The second-order valence-electron chi connectivity index (χ2n) is 5.56. The first kappa shape index (κ1) is 16.3. The van der Waals surface area contributed by atoms with Crippen molar-refractivity contribution in [3.63, 3.8) is 0 Å². The fourth-order valence-corrected chi connectivity index (χ4v) is 2.85. The molecule has 1 aliphatic heterocycles. The molecule has 21 heavy (non-hydrogen) atoms. The maximum Gasteiger partial charge on any atom is 0.416 e. The lowest BCUT2D eigenvalue weighted by Gasteiger charge is -2.35. The Balaban J connectivity index is 2.15. The summed E-state index contributed by atoms with van der Waals surface area (Å²) in [5, 5.41) is 3.32. The second-order valence-corrected chi connectivity index (χ2v) is 5.56. The summed E-state index contributed by atoms with van der Waals surface area (Å²) in [6.45, 7) is 5.94. The maximum atomic E-state index is 12.7. The van der Waals surface area contributed by atoms with Crippen LogP contribution in [0.15, 0.2) is 24.3 Å². The summed E-state index contributed by atoms with van der Waals surface area (Å²) in [4.78, 5) is 2.38.